The monoisotopic (exact) mass is 287 g/mol. The van der Waals surface area contributed by atoms with Crippen LogP contribution in [0.4, 0.5) is 11.4 Å². The van der Waals surface area contributed by atoms with E-state index < -0.39 is 5.91 Å². The number of anilines is 2. The van der Waals surface area contributed by atoms with Crippen LogP contribution in [0.5, 0.6) is 0 Å². The summed E-state index contributed by atoms with van der Waals surface area (Å²) in [5, 5.41) is 9.18. The molecule has 2 rings (SSSR count). The van der Waals surface area contributed by atoms with Crippen LogP contribution < -0.4 is 16.1 Å². The molecule has 110 valence electrons. The van der Waals surface area contributed by atoms with Gasteiger partial charge in [0.2, 0.25) is 0 Å². The van der Waals surface area contributed by atoms with E-state index in [-0.39, 0.29) is 24.1 Å². The SMILES string of the molecule is Cc1cc(=O)c(C(=O)N(CCO)c2ccccc2N)c[nH]1. The van der Waals surface area contributed by atoms with Crippen molar-refractivity contribution >= 4 is 17.3 Å². The lowest BCUT2D eigenvalue weighted by Crippen LogP contribution is -2.37. The normalized spacial score (nSPS) is 10.4. The van der Waals surface area contributed by atoms with Crippen LogP contribution in [0.25, 0.3) is 0 Å². The number of hydrogen-bond acceptors (Lipinski definition) is 4. The van der Waals surface area contributed by atoms with Gasteiger partial charge in [0.1, 0.15) is 5.56 Å². The molecule has 1 aromatic heterocycles. The molecule has 0 aliphatic heterocycles. The van der Waals surface area contributed by atoms with E-state index in [4.69, 9.17) is 5.73 Å². The number of aromatic nitrogens is 1. The van der Waals surface area contributed by atoms with E-state index in [9.17, 15) is 14.7 Å². The van der Waals surface area contributed by atoms with E-state index in [0.29, 0.717) is 17.1 Å². The van der Waals surface area contributed by atoms with Gasteiger partial charge in [0.25, 0.3) is 5.91 Å². The lowest BCUT2D eigenvalue weighted by molar-refractivity contribution is 0.0979. The summed E-state index contributed by atoms with van der Waals surface area (Å²) >= 11 is 0. The standard InChI is InChI=1S/C15H17N3O3/c1-10-8-14(20)11(9-17-10)15(21)18(6-7-19)13-5-3-2-4-12(13)16/h2-5,8-9,19H,6-7,16H2,1H3,(H,17,20). The molecular formula is C15H17N3O3. The molecule has 0 radical (unpaired) electrons. The van der Waals surface area contributed by atoms with Crippen molar-refractivity contribution in [3.8, 4) is 0 Å². The molecule has 21 heavy (non-hydrogen) atoms. The molecule has 0 unspecified atom stereocenters. The lowest BCUT2D eigenvalue weighted by atomic mass is 10.2. The van der Waals surface area contributed by atoms with Crippen LogP contribution in [-0.2, 0) is 0 Å². The summed E-state index contributed by atoms with van der Waals surface area (Å²) in [5.74, 6) is -0.497. The fraction of sp³-hybridized carbons (Fsp3) is 0.200. The highest BCUT2D eigenvalue weighted by Gasteiger charge is 2.21. The van der Waals surface area contributed by atoms with Crippen LogP contribution in [0, 0.1) is 6.92 Å². The summed E-state index contributed by atoms with van der Waals surface area (Å²) in [6.07, 6.45) is 1.38. The molecular weight excluding hydrogens is 270 g/mol. The number of nitrogens with zero attached hydrogens (tertiary/aromatic N) is 1. The van der Waals surface area contributed by atoms with Crippen LogP contribution in [0.15, 0.2) is 41.3 Å². The Morgan fingerprint density at radius 1 is 1.38 bits per heavy atom. The fourth-order valence-electron chi connectivity index (χ4n) is 2.05. The molecule has 0 aliphatic rings. The van der Waals surface area contributed by atoms with Crippen molar-refractivity contribution in [1.82, 2.24) is 4.98 Å². The van der Waals surface area contributed by atoms with Crippen LogP contribution in [0.3, 0.4) is 0 Å². The van der Waals surface area contributed by atoms with Gasteiger partial charge in [-0.05, 0) is 19.1 Å². The molecule has 0 saturated carbocycles. The number of aliphatic hydroxyl groups excluding tert-OH is 1. The quantitative estimate of drug-likeness (QED) is 0.728. The molecule has 2 aromatic rings. The second kappa shape index (κ2) is 6.23. The Morgan fingerprint density at radius 3 is 2.71 bits per heavy atom. The van der Waals surface area contributed by atoms with E-state index in [1.54, 1.807) is 31.2 Å². The molecule has 0 atom stereocenters. The van der Waals surface area contributed by atoms with Gasteiger partial charge >= 0.3 is 0 Å². The highest BCUT2D eigenvalue weighted by Crippen LogP contribution is 2.23. The number of aryl methyl sites for hydroxylation is 1. The number of carbonyl (C=O) groups excluding carboxylic acids is 1. The predicted octanol–water partition coefficient (Wildman–Crippen LogP) is 0.905. The van der Waals surface area contributed by atoms with E-state index in [1.807, 2.05) is 0 Å². The van der Waals surface area contributed by atoms with E-state index in [2.05, 4.69) is 4.98 Å². The summed E-state index contributed by atoms with van der Waals surface area (Å²) in [6.45, 7) is 1.56. The lowest BCUT2D eigenvalue weighted by Gasteiger charge is -2.23. The number of para-hydroxylation sites is 2. The minimum atomic E-state index is -0.497. The largest absolute Gasteiger partial charge is 0.397 e. The number of aromatic amines is 1. The minimum Gasteiger partial charge on any atom is -0.397 e. The van der Waals surface area contributed by atoms with Crippen molar-refractivity contribution in [2.75, 3.05) is 23.8 Å². The molecule has 0 fully saturated rings. The highest BCUT2D eigenvalue weighted by molar-refractivity contribution is 6.07. The number of rotatable bonds is 4. The second-order valence-electron chi connectivity index (χ2n) is 4.63. The number of amides is 1. The maximum Gasteiger partial charge on any atom is 0.263 e. The first-order valence-corrected chi connectivity index (χ1v) is 6.51. The number of nitrogens with one attached hydrogen (secondary N) is 1. The Labute approximate surface area is 121 Å². The molecule has 0 saturated heterocycles. The zero-order chi connectivity index (χ0) is 15.4. The van der Waals surface area contributed by atoms with Gasteiger partial charge in [-0.15, -0.1) is 0 Å². The van der Waals surface area contributed by atoms with Crippen LogP contribution in [0.2, 0.25) is 0 Å². The minimum absolute atomic E-state index is 0.0114. The van der Waals surface area contributed by atoms with Gasteiger partial charge in [0.05, 0.1) is 18.0 Å². The first-order valence-electron chi connectivity index (χ1n) is 6.51. The van der Waals surface area contributed by atoms with E-state index in [1.165, 1.54) is 17.2 Å². The summed E-state index contributed by atoms with van der Waals surface area (Å²) in [7, 11) is 0. The van der Waals surface area contributed by atoms with Crippen molar-refractivity contribution in [3.63, 3.8) is 0 Å². The van der Waals surface area contributed by atoms with Crippen molar-refractivity contribution < 1.29 is 9.90 Å². The van der Waals surface area contributed by atoms with Crippen LogP contribution in [-0.4, -0.2) is 29.1 Å². The van der Waals surface area contributed by atoms with Gasteiger partial charge in [0.15, 0.2) is 5.43 Å². The molecule has 0 bridgehead atoms. The van der Waals surface area contributed by atoms with Crippen molar-refractivity contribution in [1.29, 1.82) is 0 Å². The number of benzene rings is 1. The van der Waals surface area contributed by atoms with Crippen LogP contribution >= 0.6 is 0 Å². The zero-order valence-corrected chi connectivity index (χ0v) is 11.7. The molecule has 0 aliphatic carbocycles. The molecule has 1 heterocycles. The van der Waals surface area contributed by atoms with Crippen molar-refractivity contribution in [2.45, 2.75) is 6.92 Å². The molecule has 6 nitrogen and oxygen atoms in total. The Hall–Kier alpha value is -2.60. The van der Waals surface area contributed by atoms with Gasteiger partial charge in [-0.2, -0.15) is 0 Å². The van der Waals surface area contributed by atoms with Gasteiger partial charge in [0, 0.05) is 24.5 Å². The third kappa shape index (κ3) is 3.11. The van der Waals surface area contributed by atoms with Gasteiger partial charge in [-0.1, -0.05) is 12.1 Å². The number of pyridine rings is 1. The van der Waals surface area contributed by atoms with Gasteiger partial charge in [-0.3, -0.25) is 9.59 Å². The average Bonchev–Trinajstić information content (AvgIpc) is 2.45. The third-order valence-corrected chi connectivity index (χ3v) is 3.08. The first-order chi connectivity index (χ1) is 10.0. The maximum absolute atomic E-state index is 12.6. The van der Waals surface area contributed by atoms with Gasteiger partial charge in [-0.25, -0.2) is 0 Å². The molecule has 1 amide bonds. The van der Waals surface area contributed by atoms with E-state index >= 15 is 0 Å². The maximum atomic E-state index is 12.6. The third-order valence-electron chi connectivity index (χ3n) is 3.08. The fourth-order valence-corrected chi connectivity index (χ4v) is 2.05. The summed E-state index contributed by atoms with van der Waals surface area (Å²) in [5.41, 5.74) is 7.06. The molecule has 6 heteroatoms. The second-order valence-corrected chi connectivity index (χ2v) is 4.63. The van der Waals surface area contributed by atoms with Gasteiger partial charge < -0.3 is 20.7 Å². The Bertz CT molecular complexity index is 709. The summed E-state index contributed by atoms with van der Waals surface area (Å²) in [6, 6.07) is 8.18. The van der Waals surface area contributed by atoms with Crippen molar-refractivity contribution in [2.24, 2.45) is 0 Å². The molecule has 0 spiro atoms. The number of aliphatic hydroxyl groups is 1. The predicted molar refractivity (Wildman–Crippen MR) is 81.4 cm³/mol. The number of carbonyl (C=O) groups is 1. The number of H-pyrrole nitrogens is 1. The molecule has 4 N–H and O–H groups in total. The topological polar surface area (TPSA) is 99.4 Å². The number of nitrogen functional groups attached to an aromatic ring is 1. The average molecular weight is 287 g/mol. The molecule has 1 aromatic carbocycles. The zero-order valence-electron chi connectivity index (χ0n) is 11.7. The Kier molecular flexibility index (Phi) is 4.39. The first kappa shape index (κ1) is 14.8. The highest BCUT2D eigenvalue weighted by atomic mass is 16.3. The smallest absolute Gasteiger partial charge is 0.263 e. The number of hydrogen-bond donors (Lipinski definition) is 3. The van der Waals surface area contributed by atoms with E-state index in [0.717, 1.165) is 0 Å². The summed E-state index contributed by atoms with van der Waals surface area (Å²) in [4.78, 5) is 28.6. The Balaban J connectivity index is 2.45. The van der Waals surface area contributed by atoms with Crippen LogP contribution in [0.1, 0.15) is 16.1 Å². The van der Waals surface area contributed by atoms with Crippen molar-refractivity contribution in [3.05, 3.63) is 58.0 Å². The number of nitrogens with two attached hydrogens (primary N) is 1. The summed E-state index contributed by atoms with van der Waals surface area (Å²) < 4.78 is 0. The Morgan fingerprint density at radius 2 is 2.10 bits per heavy atom.